The first-order valence-electron chi connectivity index (χ1n) is 5.65. The molecule has 1 aliphatic rings. The van der Waals surface area contributed by atoms with E-state index in [1.165, 1.54) is 6.20 Å². The van der Waals surface area contributed by atoms with Crippen LogP contribution in [-0.4, -0.2) is 24.0 Å². The molecule has 88 valence electrons. The lowest BCUT2D eigenvalue weighted by Crippen LogP contribution is -2.24. The summed E-state index contributed by atoms with van der Waals surface area (Å²) < 4.78 is 0. The Balaban J connectivity index is 2.36. The minimum absolute atomic E-state index is 0.133. The van der Waals surface area contributed by atoms with Crippen LogP contribution in [0.1, 0.15) is 15.9 Å². The van der Waals surface area contributed by atoms with Gasteiger partial charge in [0, 0.05) is 24.7 Å². The van der Waals surface area contributed by atoms with Crippen LogP contribution in [0.4, 0.5) is 5.69 Å². The maximum absolute atomic E-state index is 11.8. The van der Waals surface area contributed by atoms with Crippen molar-refractivity contribution in [1.29, 1.82) is 5.26 Å². The number of hydrogen-bond acceptors (Lipinski definition) is 4. The molecule has 0 saturated heterocycles. The Hall–Kier alpha value is -2.61. The van der Waals surface area contributed by atoms with E-state index in [0.717, 1.165) is 11.1 Å². The van der Waals surface area contributed by atoms with Crippen LogP contribution in [0, 0.1) is 11.3 Å². The number of benzene rings is 1. The normalized spacial score (nSPS) is 14.1. The molecular formula is C13H10N4O. The molecule has 1 amide bonds. The van der Waals surface area contributed by atoms with Crippen molar-refractivity contribution in [3.63, 3.8) is 0 Å². The molecule has 0 atom stereocenters. The van der Waals surface area contributed by atoms with Crippen molar-refractivity contribution in [2.45, 2.75) is 0 Å². The summed E-state index contributed by atoms with van der Waals surface area (Å²) >= 11 is 0. The summed E-state index contributed by atoms with van der Waals surface area (Å²) in [5.41, 5.74) is 2.42. The summed E-state index contributed by atoms with van der Waals surface area (Å²) in [7, 11) is 0. The number of nitrogens with one attached hydrogen (secondary N) is 2. The highest BCUT2D eigenvalue weighted by Gasteiger charge is 2.18. The van der Waals surface area contributed by atoms with Gasteiger partial charge in [-0.25, -0.2) is 0 Å². The van der Waals surface area contributed by atoms with Crippen molar-refractivity contribution < 1.29 is 4.79 Å². The average molecular weight is 238 g/mol. The number of carbonyl (C=O) groups excluding carboxylic acids is 1. The van der Waals surface area contributed by atoms with Gasteiger partial charge in [-0.2, -0.15) is 5.26 Å². The molecule has 1 aliphatic heterocycles. The summed E-state index contributed by atoms with van der Waals surface area (Å²) in [4.78, 5) is 16.1. The Kier molecular flexibility index (Phi) is 2.34. The molecule has 0 aliphatic carbocycles. The number of amides is 1. The van der Waals surface area contributed by atoms with Crippen molar-refractivity contribution in [2.24, 2.45) is 0 Å². The van der Waals surface area contributed by atoms with Gasteiger partial charge < -0.3 is 10.6 Å². The van der Waals surface area contributed by atoms with Crippen molar-refractivity contribution in [3.8, 4) is 6.07 Å². The highest BCUT2D eigenvalue weighted by molar-refractivity contribution is 6.08. The molecule has 0 unspecified atom stereocenters. The van der Waals surface area contributed by atoms with E-state index in [-0.39, 0.29) is 5.91 Å². The van der Waals surface area contributed by atoms with Crippen molar-refractivity contribution in [2.75, 3.05) is 18.4 Å². The maximum atomic E-state index is 11.8. The van der Waals surface area contributed by atoms with Gasteiger partial charge in [0.15, 0.2) is 0 Å². The molecule has 1 aromatic carbocycles. The third-order valence-electron chi connectivity index (χ3n) is 2.97. The number of carbonyl (C=O) groups is 1. The van der Waals surface area contributed by atoms with Gasteiger partial charge in [-0.3, -0.25) is 9.78 Å². The second-order valence-corrected chi connectivity index (χ2v) is 4.04. The monoisotopic (exact) mass is 238 g/mol. The molecule has 5 nitrogen and oxygen atoms in total. The van der Waals surface area contributed by atoms with Gasteiger partial charge in [-0.1, -0.05) is 12.1 Å². The van der Waals surface area contributed by atoms with Crippen LogP contribution in [0.2, 0.25) is 0 Å². The first kappa shape index (κ1) is 10.5. The van der Waals surface area contributed by atoms with Gasteiger partial charge in [-0.15, -0.1) is 0 Å². The third kappa shape index (κ3) is 1.47. The Morgan fingerprint density at radius 3 is 2.94 bits per heavy atom. The zero-order valence-electron chi connectivity index (χ0n) is 9.53. The molecule has 2 N–H and O–H groups in total. The topological polar surface area (TPSA) is 77.8 Å². The van der Waals surface area contributed by atoms with E-state index in [2.05, 4.69) is 21.7 Å². The van der Waals surface area contributed by atoms with Gasteiger partial charge in [0.25, 0.3) is 5.91 Å². The van der Waals surface area contributed by atoms with Crippen LogP contribution in [0.15, 0.2) is 24.4 Å². The van der Waals surface area contributed by atoms with E-state index in [1.807, 2.05) is 6.07 Å². The molecular weight excluding hydrogens is 228 g/mol. The summed E-state index contributed by atoms with van der Waals surface area (Å²) in [5.74, 6) is -0.133. The molecule has 2 aromatic rings. The van der Waals surface area contributed by atoms with Crippen LogP contribution in [0.3, 0.4) is 0 Å². The van der Waals surface area contributed by atoms with Crippen LogP contribution in [0.5, 0.6) is 0 Å². The average Bonchev–Trinajstić information content (AvgIpc) is 2.60. The predicted molar refractivity (Wildman–Crippen MR) is 67.3 cm³/mol. The van der Waals surface area contributed by atoms with E-state index >= 15 is 0 Å². The highest BCUT2D eigenvalue weighted by atomic mass is 16.1. The highest BCUT2D eigenvalue weighted by Crippen LogP contribution is 2.28. The molecule has 0 radical (unpaired) electrons. The Morgan fingerprint density at radius 1 is 1.28 bits per heavy atom. The number of nitrogens with zero attached hydrogens (tertiary/aromatic N) is 2. The fourth-order valence-electron chi connectivity index (χ4n) is 2.13. The quantitative estimate of drug-likeness (QED) is 0.724. The molecule has 0 saturated carbocycles. The fourth-order valence-corrected chi connectivity index (χ4v) is 2.13. The number of nitriles is 1. The van der Waals surface area contributed by atoms with Crippen molar-refractivity contribution in [3.05, 3.63) is 35.5 Å². The summed E-state index contributed by atoms with van der Waals surface area (Å²) in [6.07, 6.45) is 1.52. The lowest BCUT2D eigenvalue weighted by atomic mass is 10.1. The second kappa shape index (κ2) is 4.00. The van der Waals surface area contributed by atoms with E-state index in [4.69, 9.17) is 5.26 Å². The zero-order valence-corrected chi connectivity index (χ0v) is 9.53. The number of pyridine rings is 1. The Labute approximate surface area is 103 Å². The summed E-state index contributed by atoms with van der Waals surface area (Å²) in [6.45, 7) is 1.24. The number of hydrogen-bond donors (Lipinski definition) is 2. The number of anilines is 1. The van der Waals surface area contributed by atoms with Crippen LogP contribution in [-0.2, 0) is 0 Å². The molecule has 2 heterocycles. The number of rotatable bonds is 0. The van der Waals surface area contributed by atoms with Gasteiger partial charge in [0.2, 0.25) is 0 Å². The largest absolute Gasteiger partial charge is 0.382 e. The molecule has 18 heavy (non-hydrogen) atoms. The van der Waals surface area contributed by atoms with Crippen LogP contribution < -0.4 is 10.6 Å². The first-order chi connectivity index (χ1) is 8.81. The molecule has 0 spiro atoms. The van der Waals surface area contributed by atoms with E-state index in [1.54, 1.807) is 12.1 Å². The van der Waals surface area contributed by atoms with Crippen molar-refractivity contribution >= 4 is 22.5 Å². The lowest BCUT2D eigenvalue weighted by Gasteiger charge is -2.09. The van der Waals surface area contributed by atoms with E-state index in [9.17, 15) is 4.79 Å². The molecule has 1 aromatic heterocycles. The molecule has 0 bridgehead atoms. The fraction of sp³-hybridized carbons (Fsp3) is 0.154. The summed E-state index contributed by atoms with van der Waals surface area (Å²) in [5, 5.41) is 15.9. The smallest absolute Gasteiger partial charge is 0.255 e. The van der Waals surface area contributed by atoms with Gasteiger partial charge in [0.1, 0.15) is 6.07 Å². The minimum Gasteiger partial charge on any atom is -0.382 e. The standard InChI is InChI=1S/C13H10N4O/c14-6-8-2-1-3-9-11(8)17-7-10-12(9)15-4-5-16-13(10)18/h1-3,7,15H,4-5H2,(H,16,18). The molecule has 0 fully saturated rings. The van der Waals surface area contributed by atoms with E-state index in [0.29, 0.717) is 29.7 Å². The lowest BCUT2D eigenvalue weighted by molar-refractivity contribution is 0.0958. The minimum atomic E-state index is -0.133. The predicted octanol–water partition coefficient (Wildman–Crippen LogP) is 1.26. The second-order valence-electron chi connectivity index (χ2n) is 4.04. The molecule has 3 rings (SSSR count). The zero-order chi connectivity index (χ0) is 12.5. The summed E-state index contributed by atoms with van der Waals surface area (Å²) in [6, 6.07) is 7.50. The number of aromatic nitrogens is 1. The number of fused-ring (bicyclic) bond motifs is 3. The van der Waals surface area contributed by atoms with Gasteiger partial charge >= 0.3 is 0 Å². The molecule has 5 heteroatoms. The maximum Gasteiger partial charge on any atom is 0.255 e. The third-order valence-corrected chi connectivity index (χ3v) is 2.97. The SMILES string of the molecule is N#Cc1cccc2c3c(cnc12)C(=O)NCCN3. The Morgan fingerprint density at radius 2 is 2.11 bits per heavy atom. The van der Waals surface area contributed by atoms with Gasteiger partial charge in [-0.05, 0) is 6.07 Å². The van der Waals surface area contributed by atoms with Crippen molar-refractivity contribution in [1.82, 2.24) is 10.3 Å². The Bertz CT molecular complexity index is 687. The van der Waals surface area contributed by atoms with E-state index < -0.39 is 0 Å². The van der Waals surface area contributed by atoms with Crippen LogP contribution in [0.25, 0.3) is 10.9 Å². The van der Waals surface area contributed by atoms with Crippen LogP contribution >= 0.6 is 0 Å². The van der Waals surface area contributed by atoms with Gasteiger partial charge in [0.05, 0.1) is 22.3 Å². The first-order valence-corrected chi connectivity index (χ1v) is 5.65. The number of para-hydroxylation sites is 1.